The van der Waals surface area contributed by atoms with E-state index in [-0.39, 0.29) is 18.0 Å². The van der Waals surface area contributed by atoms with Crippen LogP contribution in [0.4, 0.5) is 5.00 Å². The van der Waals surface area contributed by atoms with E-state index in [0.29, 0.717) is 0 Å². The molecule has 100 valence electrons. The Labute approximate surface area is 115 Å². The zero-order valence-corrected chi connectivity index (χ0v) is 11.4. The molecule has 2 aliphatic rings. The predicted molar refractivity (Wildman–Crippen MR) is 74.3 cm³/mol. The summed E-state index contributed by atoms with van der Waals surface area (Å²) in [6.07, 6.45) is 5.42. The van der Waals surface area contributed by atoms with Crippen LogP contribution >= 0.6 is 11.3 Å². The van der Waals surface area contributed by atoms with Crippen molar-refractivity contribution in [3.63, 3.8) is 0 Å². The van der Waals surface area contributed by atoms with E-state index in [1.165, 1.54) is 24.3 Å². The summed E-state index contributed by atoms with van der Waals surface area (Å²) < 4.78 is 4.71. The highest BCUT2D eigenvalue weighted by Gasteiger charge is 2.28. The number of ketones is 1. The summed E-state index contributed by atoms with van der Waals surface area (Å²) in [6, 6.07) is 4.02. The van der Waals surface area contributed by atoms with Gasteiger partial charge in [-0.3, -0.25) is 4.79 Å². The molecule has 0 aliphatic carbocycles. The topological polar surface area (TPSA) is 46.6 Å². The third-order valence-electron chi connectivity index (χ3n) is 3.42. The Bertz CT molecular complexity index is 523. The lowest BCUT2D eigenvalue weighted by Gasteiger charge is -2.27. The molecule has 2 fully saturated rings. The van der Waals surface area contributed by atoms with Crippen LogP contribution in [0.1, 0.15) is 24.1 Å². The van der Waals surface area contributed by atoms with Gasteiger partial charge in [0.25, 0.3) is 0 Å². The minimum absolute atomic E-state index is 0.116. The summed E-state index contributed by atoms with van der Waals surface area (Å²) >= 11 is 1.62. The van der Waals surface area contributed by atoms with Gasteiger partial charge in [-0.15, -0.1) is 11.3 Å². The smallest absolute Gasteiger partial charge is 0.342 e. The van der Waals surface area contributed by atoms with Crippen LogP contribution in [-0.2, 0) is 14.3 Å². The molecule has 0 aromatic carbocycles. The highest BCUT2D eigenvalue weighted by atomic mass is 32.1. The average molecular weight is 277 g/mol. The first-order chi connectivity index (χ1) is 9.24. The molecule has 3 rings (SSSR count). The first-order valence-corrected chi connectivity index (χ1v) is 7.32. The van der Waals surface area contributed by atoms with Crippen molar-refractivity contribution in [2.45, 2.75) is 19.3 Å². The van der Waals surface area contributed by atoms with Crippen molar-refractivity contribution in [1.82, 2.24) is 0 Å². The van der Waals surface area contributed by atoms with Gasteiger partial charge in [-0.05, 0) is 37.5 Å². The van der Waals surface area contributed by atoms with Gasteiger partial charge < -0.3 is 9.64 Å². The highest BCUT2D eigenvalue weighted by molar-refractivity contribution is 7.17. The molecule has 2 saturated heterocycles. The van der Waals surface area contributed by atoms with E-state index in [1.54, 1.807) is 17.4 Å². The Balaban J connectivity index is 1.79. The van der Waals surface area contributed by atoms with E-state index in [4.69, 9.17) is 4.74 Å². The first kappa shape index (κ1) is 12.4. The SMILES string of the molecule is O=C1COC(=O)C1=Cc1ccc(N2CCCCC2)s1. The minimum atomic E-state index is -0.502. The van der Waals surface area contributed by atoms with Gasteiger partial charge in [0.15, 0.2) is 6.61 Å². The zero-order chi connectivity index (χ0) is 13.2. The van der Waals surface area contributed by atoms with Crippen molar-refractivity contribution in [3.05, 3.63) is 22.6 Å². The summed E-state index contributed by atoms with van der Waals surface area (Å²) in [7, 11) is 0. The van der Waals surface area contributed by atoms with E-state index in [0.717, 1.165) is 18.0 Å². The number of hydrogen-bond donors (Lipinski definition) is 0. The van der Waals surface area contributed by atoms with Gasteiger partial charge in [0.1, 0.15) is 5.57 Å². The molecular formula is C14H15NO3S. The number of Topliss-reactive ketones (excluding diaryl/α,β-unsaturated/α-hetero) is 1. The van der Waals surface area contributed by atoms with Crippen LogP contribution in [0.3, 0.4) is 0 Å². The fourth-order valence-electron chi connectivity index (χ4n) is 2.39. The molecular weight excluding hydrogens is 262 g/mol. The molecule has 4 nitrogen and oxygen atoms in total. The fourth-order valence-corrected chi connectivity index (χ4v) is 3.39. The van der Waals surface area contributed by atoms with Crippen molar-refractivity contribution >= 4 is 34.2 Å². The van der Waals surface area contributed by atoms with Gasteiger partial charge in [-0.25, -0.2) is 4.79 Å². The number of thiophene rings is 1. The number of esters is 1. The third-order valence-corrected chi connectivity index (χ3v) is 4.51. The quantitative estimate of drug-likeness (QED) is 0.472. The Morgan fingerprint density at radius 1 is 1.16 bits per heavy atom. The number of cyclic esters (lactones) is 1. The number of anilines is 1. The highest BCUT2D eigenvalue weighted by Crippen LogP contribution is 2.30. The Kier molecular flexibility index (Phi) is 3.38. The first-order valence-electron chi connectivity index (χ1n) is 6.51. The average Bonchev–Trinajstić information content (AvgIpc) is 3.02. The largest absolute Gasteiger partial charge is 0.454 e. The molecule has 3 heterocycles. The van der Waals surface area contributed by atoms with Crippen LogP contribution < -0.4 is 4.90 Å². The molecule has 0 amide bonds. The Morgan fingerprint density at radius 3 is 2.63 bits per heavy atom. The van der Waals surface area contributed by atoms with Crippen LogP contribution in [0, 0.1) is 0 Å². The second kappa shape index (κ2) is 5.17. The summed E-state index contributed by atoms with van der Waals surface area (Å²) in [5.41, 5.74) is 0.173. The fraction of sp³-hybridized carbons (Fsp3) is 0.429. The lowest BCUT2D eigenvalue weighted by molar-refractivity contribution is -0.135. The van der Waals surface area contributed by atoms with Crippen LogP contribution in [0.5, 0.6) is 0 Å². The number of carbonyl (C=O) groups is 2. The van der Waals surface area contributed by atoms with E-state index in [2.05, 4.69) is 11.0 Å². The van der Waals surface area contributed by atoms with Crippen molar-refractivity contribution in [2.75, 3.05) is 24.6 Å². The zero-order valence-electron chi connectivity index (χ0n) is 10.6. The molecule has 2 aliphatic heterocycles. The van der Waals surface area contributed by atoms with Gasteiger partial charge >= 0.3 is 5.97 Å². The number of rotatable bonds is 2. The number of hydrogen-bond acceptors (Lipinski definition) is 5. The maximum atomic E-state index is 11.5. The molecule has 0 saturated carbocycles. The lowest BCUT2D eigenvalue weighted by atomic mass is 10.1. The van der Waals surface area contributed by atoms with E-state index in [9.17, 15) is 9.59 Å². The minimum Gasteiger partial charge on any atom is -0.454 e. The van der Waals surface area contributed by atoms with Crippen LogP contribution in [0.25, 0.3) is 6.08 Å². The van der Waals surface area contributed by atoms with Crippen LogP contribution in [-0.4, -0.2) is 31.4 Å². The predicted octanol–water partition coefficient (Wildman–Crippen LogP) is 2.25. The van der Waals surface area contributed by atoms with E-state index in [1.807, 2.05) is 6.07 Å². The lowest BCUT2D eigenvalue weighted by Crippen LogP contribution is -2.28. The van der Waals surface area contributed by atoms with Crippen molar-refractivity contribution < 1.29 is 14.3 Å². The Hall–Kier alpha value is -1.62. The van der Waals surface area contributed by atoms with E-state index >= 15 is 0 Å². The van der Waals surface area contributed by atoms with Crippen molar-refractivity contribution in [3.8, 4) is 0 Å². The molecule has 0 bridgehead atoms. The standard InChI is InChI=1S/C14H15NO3S/c16-12-9-18-14(17)11(12)8-10-4-5-13(19-10)15-6-2-1-3-7-15/h4-5,8H,1-3,6-7,9H2. The second-order valence-electron chi connectivity index (χ2n) is 4.78. The molecule has 1 aromatic rings. The molecule has 1 aromatic heterocycles. The monoisotopic (exact) mass is 277 g/mol. The molecule has 0 radical (unpaired) electrons. The van der Waals surface area contributed by atoms with E-state index < -0.39 is 5.97 Å². The van der Waals surface area contributed by atoms with Gasteiger partial charge in [-0.2, -0.15) is 0 Å². The van der Waals surface area contributed by atoms with Gasteiger partial charge in [0.05, 0.1) is 5.00 Å². The van der Waals surface area contributed by atoms with Gasteiger partial charge in [0.2, 0.25) is 5.78 Å². The normalized spacial score (nSPS) is 22.1. The Morgan fingerprint density at radius 2 is 1.95 bits per heavy atom. The third kappa shape index (κ3) is 2.56. The molecule has 0 unspecified atom stereocenters. The van der Waals surface area contributed by atoms with Gasteiger partial charge in [-0.1, -0.05) is 0 Å². The molecule has 19 heavy (non-hydrogen) atoms. The molecule has 0 spiro atoms. The van der Waals surface area contributed by atoms with Crippen molar-refractivity contribution in [1.29, 1.82) is 0 Å². The van der Waals surface area contributed by atoms with Crippen molar-refractivity contribution in [2.24, 2.45) is 0 Å². The maximum Gasteiger partial charge on any atom is 0.342 e. The molecule has 5 heteroatoms. The molecule has 0 atom stereocenters. The number of carbonyl (C=O) groups excluding carboxylic acids is 2. The molecule has 0 N–H and O–H groups in total. The maximum absolute atomic E-state index is 11.5. The van der Waals surface area contributed by atoms with Crippen LogP contribution in [0.15, 0.2) is 17.7 Å². The summed E-state index contributed by atoms with van der Waals surface area (Å²) in [5.74, 6) is -0.726. The van der Waals surface area contributed by atoms with Gasteiger partial charge in [0, 0.05) is 18.0 Å². The number of ether oxygens (including phenoxy) is 1. The summed E-state index contributed by atoms with van der Waals surface area (Å²) in [5, 5.41) is 1.21. The number of nitrogens with zero attached hydrogens (tertiary/aromatic N) is 1. The summed E-state index contributed by atoms with van der Waals surface area (Å²) in [6.45, 7) is 2.07. The number of piperidine rings is 1. The summed E-state index contributed by atoms with van der Waals surface area (Å²) in [4.78, 5) is 26.2. The second-order valence-corrected chi connectivity index (χ2v) is 5.87. The van der Waals surface area contributed by atoms with Crippen LogP contribution in [0.2, 0.25) is 0 Å².